The second-order valence-electron chi connectivity index (χ2n) is 6.91. The maximum absolute atomic E-state index is 12.3. The summed E-state index contributed by atoms with van der Waals surface area (Å²) < 4.78 is 11.3. The number of carbonyl (C=O) groups is 1. The molecule has 2 fully saturated rings. The number of amides is 1. The molecule has 2 aliphatic rings. The zero-order valence-electron chi connectivity index (χ0n) is 13.9. The second-order valence-corrected chi connectivity index (χ2v) is 6.91. The normalized spacial score (nSPS) is 27.6. The smallest absolute Gasteiger partial charge is 0.251 e. The van der Waals surface area contributed by atoms with Crippen molar-refractivity contribution in [2.24, 2.45) is 5.92 Å². The van der Waals surface area contributed by atoms with Gasteiger partial charge in [-0.1, -0.05) is 19.8 Å². The van der Waals surface area contributed by atoms with Gasteiger partial charge in [0.05, 0.1) is 6.10 Å². The first-order chi connectivity index (χ1) is 11.2. The Kier molecular flexibility index (Phi) is 5.55. The molecule has 4 heteroatoms. The molecule has 4 nitrogen and oxygen atoms in total. The number of benzene rings is 1. The Morgan fingerprint density at radius 3 is 2.74 bits per heavy atom. The van der Waals surface area contributed by atoms with Crippen LogP contribution < -0.4 is 10.1 Å². The lowest BCUT2D eigenvalue weighted by molar-refractivity contribution is 0.0679. The molecule has 1 saturated carbocycles. The molecule has 3 unspecified atom stereocenters. The third kappa shape index (κ3) is 4.71. The standard InChI is InChI=1S/C19H27NO3/c1-14-4-2-5-16(12-14)20-19(21)15-7-9-17(10-8-15)23-13-18-6-3-11-22-18/h7-10,14,16,18H,2-6,11-13H2,1H3,(H,20,21). The molecule has 0 aromatic heterocycles. The maximum atomic E-state index is 12.3. The number of nitrogens with one attached hydrogen (secondary N) is 1. The van der Waals surface area contributed by atoms with E-state index in [0.717, 1.165) is 38.0 Å². The Hall–Kier alpha value is -1.55. The van der Waals surface area contributed by atoms with Gasteiger partial charge in [-0.05, 0) is 55.9 Å². The average Bonchev–Trinajstić information content (AvgIpc) is 3.07. The molecule has 1 amide bonds. The molecule has 1 heterocycles. The van der Waals surface area contributed by atoms with Gasteiger partial charge in [-0.3, -0.25) is 4.79 Å². The molecular weight excluding hydrogens is 290 g/mol. The van der Waals surface area contributed by atoms with Crippen LogP contribution in [0.15, 0.2) is 24.3 Å². The second kappa shape index (κ2) is 7.82. The van der Waals surface area contributed by atoms with Crippen LogP contribution in [0.25, 0.3) is 0 Å². The quantitative estimate of drug-likeness (QED) is 0.903. The Labute approximate surface area is 138 Å². The first kappa shape index (κ1) is 16.3. The Bertz CT molecular complexity index is 508. The molecule has 1 N–H and O–H groups in total. The van der Waals surface area contributed by atoms with E-state index in [1.54, 1.807) is 0 Å². The van der Waals surface area contributed by atoms with Crippen LogP contribution in [-0.2, 0) is 4.74 Å². The van der Waals surface area contributed by atoms with Gasteiger partial charge in [-0.15, -0.1) is 0 Å². The van der Waals surface area contributed by atoms with E-state index in [9.17, 15) is 4.79 Å². The van der Waals surface area contributed by atoms with E-state index in [4.69, 9.17) is 9.47 Å². The van der Waals surface area contributed by atoms with E-state index in [-0.39, 0.29) is 12.0 Å². The zero-order valence-corrected chi connectivity index (χ0v) is 13.9. The Morgan fingerprint density at radius 1 is 1.22 bits per heavy atom. The van der Waals surface area contributed by atoms with Crippen molar-refractivity contribution in [3.8, 4) is 5.75 Å². The van der Waals surface area contributed by atoms with Gasteiger partial charge in [0.15, 0.2) is 0 Å². The highest BCUT2D eigenvalue weighted by Gasteiger charge is 2.21. The fourth-order valence-electron chi connectivity index (χ4n) is 3.50. The highest BCUT2D eigenvalue weighted by atomic mass is 16.5. The van der Waals surface area contributed by atoms with Crippen LogP contribution in [0.3, 0.4) is 0 Å². The average molecular weight is 317 g/mol. The Morgan fingerprint density at radius 2 is 2.04 bits per heavy atom. The molecule has 0 radical (unpaired) electrons. The molecular formula is C19H27NO3. The first-order valence-corrected chi connectivity index (χ1v) is 8.86. The molecule has 1 aliphatic heterocycles. The fraction of sp³-hybridized carbons (Fsp3) is 0.632. The van der Waals surface area contributed by atoms with Crippen molar-refractivity contribution in [1.82, 2.24) is 5.32 Å². The molecule has 3 rings (SSSR count). The van der Waals surface area contributed by atoms with E-state index in [2.05, 4.69) is 12.2 Å². The van der Waals surface area contributed by atoms with Gasteiger partial charge in [0.1, 0.15) is 12.4 Å². The predicted octanol–water partition coefficient (Wildman–Crippen LogP) is 3.55. The molecule has 1 aromatic rings. The number of carbonyl (C=O) groups excluding carboxylic acids is 1. The number of hydrogen-bond acceptors (Lipinski definition) is 3. The summed E-state index contributed by atoms with van der Waals surface area (Å²) in [5.41, 5.74) is 0.702. The predicted molar refractivity (Wildman–Crippen MR) is 89.8 cm³/mol. The van der Waals surface area contributed by atoms with Gasteiger partial charge >= 0.3 is 0 Å². The van der Waals surface area contributed by atoms with Crippen LogP contribution in [0.5, 0.6) is 5.75 Å². The summed E-state index contributed by atoms with van der Waals surface area (Å²) in [7, 11) is 0. The van der Waals surface area contributed by atoms with Crippen molar-refractivity contribution < 1.29 is 14.3 Å². The first-order valence-electron chi connectivity index (χ1n) is 8.86. The minimum Gasteiger partial charge on any atom is -0.491 e. The van der Waals surface area contributed by atoms with Gasteiger partial charge in [0.2, 0.25) is 0 Å². The lowest BCUT2D eigenvalue weighted by Crippen LogP contribution is -2.37. The lowest BCUT2D eigenvalue weighted by Gasteiger charge is -2.27. The summed E-state index contributed by atoms with van der Waals surface area (Å²) in [6.45, 7) is 3.69. The van der Waals surface area contributed by atoms with Crippen molar-refractivity contribution in [2.45, 2.75) is 57.6 Å². The van der Waals surface area contributed by atoms with Crippen LogP contribution in [0.2, 0.25) is 0 Å². The summed E-state index contributed by atoms with van der Waals surface area (Å²) in [5, 5.41) is 3.16. The van der Waals surface area contributed by atoms with Gasteiger partial charge in [0, 0.05) is 18.2 Å². The molecule has 126 valence electrons. The van der Waals surface area contributed by atoms with Crippen LogP contribution >= 0.6 is 0 Å². The summed E-state index contributed by atoms with van der Waals surface area (Å²) in [4.78, 5) is 12.3. The van der Waals surface area contributed by atoms with Gasteiger partial charge < -0.3 is 14.8 Å². The van der Waals surface area contributed by atoms with E-state index in [1.807, 2.05) is 24.3 Å². The van der Waals surface area contributed by atoms with Crippen molar-refractivity contribution in [1.29, 1.82) is 0 Å². The number of rotatable bonds is 5. The topological polar surface area (TPSA) is 47.6 Å². The van der Waals surface area contributed by atoms with E-state index in [1.165, 1.54) is 12.8 Å². The van der Waals surface area contributed by atoms with Crippen LogP contribution in [-0.4, -0.2) is 31.3 Å². The van der Waals surface area contributed by atoms with Crippen molar-refractivity contribution in [3.63, 3.8) is 0 Å². The summed E-state index contributed by atoms with van der Waals surface area (Å²) >= 11 is 0. The van der Waals surface area contributed by atoms with Crippen LogP contribution in [0.1, 0.15) is 55.8 Å². The molecule has 23 heavy (non-hydrogen) atoms. The lowest BCUT2D eigenvalue weighted by atomic mass is 9.87. The van der Waals surface area contributed by atoms with Crippen LogP contribution in [0, 0.1) is 5.92 Å². The van der Waals surface area contributed by atoms with E-state index >= 15 is 0 Å². The molecule has 1 aliphatic carbocycles. The minimum atomic E-state index is 0.0229. The summed E-state index contributed by atoms with van der Waals surface area (Å²) in [6, 6.07) is 7.74. The van der Waals surface area contributed by atoms with Gasteiger partial charge in [-0.2, -0.15) is 0 Å². The molecule has 1 aromatic carbocycles. The third-order valence-electron chi connectivity index (χ3n) is 4.85. The third-order valence-corrected chi connectivity index (χ3v) is 4.85. The summed E-state index contributed by atoms with van der Waals surface area (Å²) in [6.07, 6.45) is 7.08. The fourth-order valence-corrected chi connectivity index (χ4v) is 3.50. The van der Waals surface area contributed by atoms with E-state index in [0.29, 0.717) is 24.1 Å². The number of hydrogen-bond donors (Lipinski definition) is 1. The number of ether oxygens (including phenoxy) is 2. The zero-order chi connectivity index (χ0) is 16.1. The monoisotopic (exact) mass is 317 g/mol. The van der Waals surface area contributed by atoms with E-state index < -0.39 is 0 Å². The van der Waals surface area contributed by atoms with Crippen LogP contribution in [0.4, 0.5) is 0 Å². The SMILES string of the molecule is CC1CCCC(NC(=O)c2ccc(OCC3CCCO3)cc2)C1. The highest BCUT2D eigenvalue weighted by Crippen LogP contribution is 2.24. The van der Waals surface area contributed by atoms with Crippen molar-refractivity contribution >= 4 is 5.91 Å². The molecule has 0 spiro atoms. The minimum absolute atomic E-state index is 0.0229. The largest absolute Gasteiger partial charge is 0.491 e. The molecule has 1 saturated heterocycles. The molecule has 3 atom stereocenters. The van der Waals surface area contributed by atoms with Crippen molar-refractivity contribution in [3.05, 3.63) is 29.8 Å². The van der Waals surface area contributed by atoms with Gasteiger partial charge in [-0.25, -0.2) is 0 Å². The van der Waals surface area contributed by atoms with Gasteiger partial charge in [0.25, 0.3) is 5.91 Å². The van der Waals surface area contributed by atoms with Crippen molar-refractivity contribution in [2.75, 3.05) is 13.2 Å². The molecule has 0 bridgehead atoms. The summed E-state index contributed by atoms with van der Waals surface area (Å²) in [5.74, 6) is 1.53. The Balaban J connectivity index is 1.48. The maximum Gasteiger partial charge on any atom is 0.251 e. The highest BCUT2D eigenvalue weighted by molar-refractivity contribution is 5.94.